The Bertz CT molecular complexity index is 671. The van der Waals surface area contributed by atoms with Gasteiger partial charge in [0.15, 0.2) is 0 Å². The molecule has 0 unspecified atom stereocenters. The van der Waals surface area contributed by atoms with E-state index in [1.54, 1.807) is 24.3 Å². The lowest BCUT2D eigenvalue weighted by Gasteiger charge is -2.02. The van der Waals surface area contributed by atoms with E-state index in [2.05, 4.69) is 21.2 Å². The Kier molecular flexibility index (Phi) is 4.53. The molecule has 0 saturated carbocycles. The van der Waals surface area contributed by atoms with E-state index in [4.69, 9.17) is 0 Å². The molecule has 2 rings (SSSR count). The molecular formula is C15H11BrFNO2. The number of hydrogen-bond donors (Lipinski definition) is 2. The highest BCUT2D eigenvalue weighted by atomic mass is 79.9. The van der Waals surface area contributed by atoms with Crippen molar-refractivity contribution in [3.8, 4) is 5.75 Å². The van der Waals surface area contributed by atoms with E-state index in [9.17, 15) is 14.3 Å². The number of benzene rings is 2. The van der Waals surface area contributed by atoms with E-state index in [-0.39, 0.29) is 5.75 Å². The maximum atomic E-state index is 13.5. The topological polar surface area (TPSA) is 49.3 Å². The highest BCUT2D eigenvalue weighted by Gasteiger charge is 2.02. The molecule has 2 aromatic rings. The first-order valence-electron chi connectivity index (χ1n) is 5.78. The summed E-state index contributed by atoms with van der Waals surface area (Å²) in [5.41, 5.74) is 0.778. The van der Waals surface area contributed by atoms with Gasteiger partial charge < -0.3 is 10.4 Å². The van der Waals surface area contributed by atoms with Crippen LogP contribution in [-0.4, -0.2) is 11.0 Å². The number of rotatable bonds is 3. The zero-order chi connectivity index (χ0) is 14.5. The molecule has 20 heavy (non-hydrogen) atoms. The SMILES string of the molecule is O=C(/C=C/c1cc(Br)ccc1F)Nc1cccc(O)c1. The van der Waals surface area contributed by atoms with E-state index in [0.717, 1.165) is 4.47 Å². The molecule has 102 valence electrons. The molecule has 0 saturated heterocycles. The van der Waals surface area contributed by atoms with Gasteiger partial charge in [0, 0.05) is 27.9 Å². The minimum Gasteiger partial charge on any atom is -0.508 e. The van der Waals surface area contributed by atoms with Crippen molar-refractivity contribution >= 4 is 33.6 Å². The lowest BCUT2D eigenvalue weighted by atomic mass is 10.2. The molecule has 1 amide bonds. The third-order valence-corrected chi connectivity index (χ3v) is 2.98. The van der Waals surface area contributed by atoms with Gasteiger partial charge in [0.2, 0.25) is 5.91 Å². The predicted octanol–water partition coefficient (Wildman–Crippen LogP) is 3.95. The van der Waals surface area contributed by atoms with Crippen LogP contribution in [0.1, 0.15) is 5.56 Å². The summed E-state index contributed by atoms with van der Waals surface area (Å²) in [5, 5.41) is 11.8. The average molecular weight is 336 g/mol. The van der Waals surface area contributed by atoms with Crippen molar-refractivity contribution in [3.05, 3.63) is 64.4 Å². The van der Waals surface area contributed by atoms with Gasteiger partial charge in [-0.1, -0.05) is 22.0 Å². The fraction of sp³-hybridized carbons (Fsp3) is 0. The van der Waals surface area contributed by atoms with Gasteiger partial charge >= 0.3 is 0 Å². The van der Waals surface area contributed by atoms with Crippen LogP contribution in [0, 0.1) is 5.82 Å². The molecule has 0 fully saturated rings. The minimum atomic E-state index is -0.408. The highest BCUT2D eigenvalue weighted by Crippen LogP contribution is 2.17. The van der Waals surface area contributed by atoms with Crippen LogP contribution < -0.4 is 5.32 Å². The molecule has 0 radical (unpaired) electrons. The molecule has 5 heteroatoms. The summed E-state index contributed by atoms with van der Waals surface area (Å²) in [5.74, 6) is -0.755. The Balaban J connectivity index is 2.07. The number of amides is 1. The van der Waals surface area contributed by atoms with Gasteiger partial charge in [-0.3, -0.25) is 4.79 Å². The summed E-state index contributed by atoms with van der Waals surface area (Å²) in [6, 6.07) is 10.7. The molecule has 0 bridgehead atoms. The van der Waals surface area contributed by atoms with Gasteiger partial charge in [0.1, 0.15) is 11.6 Å². The first kappa shape index (κ1) is 14.3. The van der Waals surface area contributed by atoms with Crippen LogP contribution in [0.4, 0.5) is 10.1 Å². The third-order valence-electron chi connectivity index (χ3n) is 2.49. The smallest absolute Gasteiger partial charge is 0.248 e. The van der Waals surface area contributed by atoms with Crippen molar-refractivity contribution in [2.45, 2.75) is 0 Å². The van der Waals surface area contributed by atoms with Crippen LogP contribution in [0.2, 0.25) is 0 Å². The standard InChI is InChI=1S/C15H11BrFNO2/c16-11-5-6-14(17)10(8-11)4-7-15(20)18-12-2-1-3-13(19)9-12/h1-9,19H,(H,18,20)/b7-4+. The lowest BCUT2D eigenvalue weighted by Crippen LogP contribution is -2.07. The number of phenolic OH excluding ortho intramolecular Hbond substituents is 1. The Morgan fingerprint density at radius 1 is 1.25 bits per heavy atom. The van der Waals surface area contributed by atoms with Crippen LogP contribution in [0.3, 0.4) is 0 Å². The zero-order valence-corrected chi connectivity index (χ0v) is 11.9. The Morgan fingerprint density at radius 3 is 2.80 bits per heavy atom. The second-order valence-corrected chi connectivity index (χ2v) is 4.95. The summed E-state index contributed by atoms with van der Waals surface area (Å²) in [6.45, 7) is 0. The van der Waals surface area contributed by atoms with Crippen molar-refractivity contribution in [2.75, 3.05) is 5.32 Å². The summed E-state index contributed by atoms with van der Waals surface area (Å²) >= 11 is 3.24. The van der Waals surface area contributed by atoms with Gasteiger partial charge in [-0.15, -0.1) is 0 Å². The summed E-state index contributed by atoms with van der Waals surface area (Å²) in [7, 11) is 0. The summed E-state index contributed by atoms with van der Waals surface area (Å²) in [4.78, 5) is 11.7. The number of anilines is 1. The molecule has 0 aliphatic rings. The highest BCUT2D eigenvalue weighted by molar-refractivity contribution is 9.10. The fourth-order valence-corrected chi connectivity index (χ4v) is 1.95. The maximum absolute atomic E-state index is 13.5. The van der Waals surface area contributed by atoms with Crippen molar-refractivity contribution in [3.63, 3.8) is 0 Å². The van der Waals surface area contributed by atoms with Gasteiger partial charge in [-0.2, -0.15) is 0 Å². The van der Waals surface area contributed by atoms with Crippen LogP contribution in [0.15, 0.2) is 53.0 Å². The van der Waals surface area contributed by atoms with Crippen LogP contribution in [-0.2, 0) is 4.79 Å². The normalized spacial score (nSPS) is 10.7. The van der Waals surface area contributed by atoms with E-state index in [0.29, 0.717) is 11.3 Å². The largest absolute Gasteiger partial charge is 0.508 e. The second kappa shape index (κ2) is 6.34. The van der Waals surface area contributed by atoms with E-state index in [1.807, 2.05) is 0 Å². The minimum absolute atomic E-state index is 0.0600. The number of phenols is 1. The van der Waals surface area contributed by atoms with Gasteiger partial charge in [-0.05, 0) is 36.4 Å². The monoisotopic (exact) mass is 335 g/mol. The van der Waals surface area contributed by atoms with Gasteiger partial charge in [0.25, 0.3) is 0 Å². The first-order valence-corrected chi connectivity index (χ1v) is 6.57. The molecule has 2 N–H and O–H groups in total. The maximum Gasteiger partial charge on any atom is 0.248 e. The number of nitrogens with one attached hydrogen (secondary N) is 1. The second-order valence-electron chi connectivity index (χ2n) is 4.04. The van der Waals surface area contributed by atoms with E-state index >= 15 is 0 Å². The van der Waals surface area contributed by atoms with Crippen LogP contribution in [0.25, 0.3) is 6.08 Å². The number of carbonyl (C=O) groups excluding carboxylic acids is 1. The number of aromatic hydroxyl groups is 1. The van der Waals surface area contributed by atoms with E-state index < -0.39 is 11.7 Å². The molecule has 2 aromatic carbocycles. The Labute approximate surface area is 123 Å². The average Bonchev–Trinajstić information content (AvgIpc) is 2.40. The Hall–Kier alpha value is -2.14. The number of halogens is 2. The molecule has 3 nitrogen and oxygen atoms in total. The fourth-order valence-electron chi connectivity index (χ4n) is 1.58. The molecule has 0 heterocycles. The van der Waals surface area contributed by atoms with Crippen molar-refractivity contribution in [1.82, 2.24) is 0 Å². The lowest BCUT2D eigenvalue weighted by molar-refractivity contribution is -0.111. The number of hydrogen-bond acceptors (Lipinski definition) is 2. The van der Waals surface area contributed by atoms with Crippen molar-refractivity contribution in [1.29, 1.82) is 0 Å². The summed E-state index contributed by atoms with van der Waals surface area (Å²) in [6.07, 6.45) is 2.62. The molecule has 0 aliphatic heterocycles. The van der Waals surface area contributed by atoms with Gasteiger partial charge in [-0.25, -0.2) is 4.39 Å². The summed E-state index contributed by atoms with van der Waals surface area (Å²) < 4.78 is 14.2. The van der Waals surface area contributed by atoms with Crippen LogP contribution in [0.5, 0.6) is 5.75 Å². The van der Waals surface area contributed by atoms with Crippen molar-refractivity contribution < 1.29 is 14.3 Å². The van der Waals surface area contributed by atoms with Crippen molar-refractivity contribution in [2.24, 2.45) is 0 Å². The molecule has 0 spiro atoms. The first-order chi connectivity index (χ1) is 9.54. The predicted molar refractivity (Wildman–Crippen MR) is 79.9 cm³/mol. The molecule has 0 atom stereocenters. The van der Waals surface area contributed by atoms with Gasteiger partial charge in [0.05, 0.1) is 0 Å². The Morgan fingerprint density at radius 2 is 2.05 bits per heavy atom. The molecule has 0 aromatic heterocycles. The van der Waals surface area contributed by atoms with Crippen LogP contribution >= 0.6 is 15.9 Å². The third kappa shape index (κ3) is 3.93. The molecular weight excluding hydrogens is 325 g/mol. The quantitative estimate of drug-likeness (QED) is 0.834. The number of carbonyl (C=O) groups is 1. The molecule has 0 aliphatic carbocycles. The zero-order valence-electron chi connectivity index (χ0n) is 10.3. The van der Waals surface area contributed by atoms with E-state index in [1.165, 1.54) is 30.4 Å².